The molecule has 0 bridgehead atoms. The van der Waals surface area contributed by atoms with Crippen molar-refractivity contribution in [2.24, 2.45) is 4.99 Å². The predicted molar refractivity (Wildman–Crippen MR) is 139 cm³/mol. The Bertz CT molecular complexity index is 1330. The molecule has 2 aliphatic rings. The van der Waals surface area contributed by atoms with Gasteiger partial charge in [0, 0.05) is 12.1 Å². The summed E-state index contributed by atoms with van der Waals surface area (Å²) in [5, 5.41) is 2.78. The van der Waals surface area contributed by atoms with Crippen LogP contribution < -0.4 is 19.5 Å². The van der Waals surface area contributed by atoms with Gasteiger partial charge in [-0.2, -0.15) is 0 Å². The molecule has 0 spiro atoms. The summed E-state index contributed by atoms with van der Waals surface area (Å²) >= 11 is 1.28. The summed E-state index contributed by atoms with van der Waals surface area (Å²) in [6.45, 7) is 2.44. The molecule has 0 aromatic heterocycles. The van der Waals surface area contributed by atoms with Gasteiger partial charge in [-0.1, -0.05) is 30.0 Å². The van der Waals surface area contributed by atoms with Crippen molar-refractivity contribution in [2.45, 2.75) is 25.1 Å². The van der Waals surface area contributed by atoms with Crippen molar-refractivity contribution < 1.29 is 23.8 Å². The Morgan fingerprint density at radius 3 is 2.69 bits per heavy atom. The number of carbonyl (C=O) groups is 2. The highest BCUT2D eigenvalue weighted by atomic mass is 32.2. The first-order valence-corrected chi connectivity index (χ1v) is 12.3. The molecule has 3 aromatic rings. The molecule has 2 heterocycles. The molecule has 2 aliphatic heterocycles. The van der Waals surface area contributed by atoms with E-state index in [2.05, 4.69) is 5.32 Å². The molecule has 3 aromatic carbocycles. The van der Waals surface area contributed by atoms with Crippen molar-refractivity contribution in [3.63, 3.8) is 0 Å². The highest BCUT2D eigenvalue weighted by Crippen LogP contribution is 2.35. The zero-order chi connectivity index (χ0) is 25.1. The number of thioether (sulfide) groups is 1. The van der Waals surface area contributed by atoms with Crippen molar-refractivity contribution >= 4 is 40.1 Å². The first-order chi connectivity index (χ1) is 17.5. The fourth-order valence-electron chi connectivity index (χ4n) is 3.93. The van der Waals surface area contributed by atoms with Gasteiger partial charge in [0.15, 0.2) is 16.7 Å². The minimum Gasteiger partial charge on any atom is -0.497 e. The average molecular weight is 504 g/mol. The number of nitrogens with one attached hydrogen (secondary N) is 1. The van der Waals surface area contributed by atoms with Crippen molar-refractivity contribution in [2.75, 3.05) is 19.2 Å². The fraction of sp³-hybridized carbons (Fsp3) is 0.222. The number of hydrogen-bond acceptors (Lipinski definition) is 7. The Morgan fingerprint density at radius 2 is 1.92 bits per heavy atom. The molecule has 0 radical (unpaired) electrons. The van der Waals surface area contributed by atoms with Gasteiger partial charge in [0.1, 0.15) is 11.0 Å². The topological polar surface area (TPSA) is 89.5 Å². The Morgan fingerprint density at radius 1 is 1.11 bits per heavy atom. The van der Waals surface area contributed by atoms with Crippen LogP contribution in [0.4, 0.5) is 11.4 Å². The second-order valence-electron chi connectivity index (χ2n) is 8.43. The molecule has 8 nitrogen and oxygen atoms in total. The minimum atomic E-state index is -0.608. The van der Waals surface area contributed by atoms with Gasteiger partial charge in [0.05, 0.1) is 19.3 Å². The van der Waals surface area contributed by atoms with Gasteiger partial charge in [0.2, 0.25) is 18.6 Å². The van der Waals surface area contributed by atoms with Crippen LogP contribution in [0.5, 0.6) is 17.2 Å². The molecule has 184 valence electrons. The highest BCUT2D eigenvalue weighted by Gasteiger charge is 2.36. The lowest BCUT2D eigenvalue weighted by atomic mass is 10.1. The molecule has 9 heteroatoms. The van der Waals surface area contributed by atoms with Gasteiger partial charge in [-0.25, -0.2) is 4.99 Å². The molecule has 1 saturated heterocycles. The van der Waals surface area contributed by atoms with Crippen LogP contribution in [0.1, 0.15) is 17.5 Å². The number of methoxy groups -OCH3 is 1. The van der Waals surface area contributed by atoms with E-state index in [1.54, 1.807) is 24.1 Å². The number of anilines is 1. The van der Waals surface area contributed by atoms with E-state index in [4.69, 9.17) is 19.2 Å². The first-order valence-electron chi connectivity index (χ1n) is 11.4. The number of hydrogen-bond donors (Lipinski definition) is 1. The molecule has 2 amide bonds. The number of aliphatic imine (C=N–C) groups is 1. The van der Waals surface area contributed by atoms with Crippen LogP contribution in [-0.2, 0) is 16.1 Å². The zero-order valence-corrected chi connectivity index (χ0v) is 20.7. The Kier molecular flexibility index (Phi) is 6.81. The monoisotopic (exact) mass is 503 g/mol. The number of amidine groups is 1. The number of ether oxygens (including phenoxy) is 3. The number of benzene rings is 3. The first kappa shape index (κ1) is 23.7. The van der Waals surface area contributed by atoms with Crippen LogP contribution in [0.25, 0.3) is 0 Å². The van der Waals surface area contributed by atoms with Crippen molar-refractivity contribution in [1.29, 1.82) is 0 Å². The standard InChI is InChI=1S/C27H25N3O5S/c1-17-4-3-5-20(12-17)28-26(32)24-14-25(31)30(15-18-6-11-22-23(13-18)35-16-34-22)27(36-24)29-19-7-9-21(33-2)10-8-19/h3-13,24H,14-16H2,1-2H3,(H,28,32). The van der Waals surface area contributed by atoms with E-state index < -0.39 is 5.25 Å². The van der Waals surface area contributed by atoms with Gasteiger partial charge >= 0.3 is 0 Å². The Balaban J connectivity index is 1.41. The predicted octanol–water partition coefficient (Wildman–Crippen LogP) is 4.89. The van der Waals surface area contributed by atoms with Gasteiger partial charge in [-0.05, 0) is 66.6 Å². The lowest BCUT2D eigenvalue weighted by Gasteiger charge is -2.32. The molecule has 1 N–H and O–H groups in total. The normalized spacial score (nSPS) is 17.8. The van der Waals surface area contributed by atoms with Gasteiger partial charge < -0.3 is 19.5 Å². The van der Waals surface area contributed by atoms with Crippen molar-refractivity contribution in [1.82, 2.24) is 4.90 Å². The Hall–Kier alpha value is -3.98. The molecule has 36 heavy (non-hydrogen) atoms. The van der Waals surface area contributed by atoms with Crippen LogP contribution in [0.15, 0.2) is 71.7 Å². The molecule has 1 atom stereocenters. The fourth-order valence-corrected chi connectivity index (χ4v) is 5.03. The summed E-state index contributed by atoms with van der Waals surface area (Å²) in [5.74, 6) is 1.62. The zero-order valence-electron chi connectivity index (χ0n) is 19.9. The van der Waals surface area contributed by atoms with Gasteiger partial charge in [0.25, 0.3) is 0 Å². The number of nitrogens with zero attached hydrogens (tertiary/aromatic N) is 2. The molecule has 0 saturated carbocycles. The van der Waals surface area contributed by atoms with Crippen LogP contribution in [0.3, 0.4) is 0 Å². The molecule has 5 rings (SSSR count). The molecular formula is C27H25N3O5S. The summed E-state index contributed by atoms with van der Waals surface area (Å²) in [6.07, 6.45) is 0.0640. The molecule has 1 unspecified atom stereocenters. The van der Waals surface area contributed by atoms with Crippen LogP contribution in [0, 0.1) is 6.92 Å². The number of aryl methyl sites for hydroxylation is 1. The van der Waals surface area contributed by atoms with Crippen LogP contribution in [-0.4, -0.2) is 41.0 Å². The van der Waals surface area contributed by atoms with Gasteiger partial charge in [-0.3, -0.25) is 14.5 Å². The maximum atomic E-state index is 13.3. The quantitative estimate of drug-likeness (QED) is 0.515. The smallest absolute Gasteiger partial charge is 0.238 e. The summed E-state index contributed by atoms with van der Waals surface area (Å²) in [6, 6.07) is 20.4. The number of fused-ring (bicyclic) bond motifs is 1. The van der Waals surface area contributed by atoms with E-state index in [1.165, 1.54) is 11.8 Å². The second-order valence-corrected chi connectivity index (χ2v) is 9.60. The van der Waals surface area contributed by atoms with E-state index in [0.29, 0.717) is 40.3 Å². The maximum absolute atomic E-state index is 13.3. The van der Waals surface area contributed by atoms with Crippen molar-refractivity contribution in [3.05, 3.63) is 77.9 Å². The molecule has 0 aliphatic carbocycles. The third kappa shape index (κ3) is 5.31. The SMILES string of the molecule is COc1ccc(N=C2SC(C(=O)Nc3cccc(C)c3)CC(=O)N2Cc2ccc3c(c2)OCO3)cc1. The summed E-state index contributed by atoms with van der Waals surface area (Å²) < 4.78 is 16.1. The maximum Gasteiger partial charge on any atom is 0.238 e. The highest BCUT2D eigenvalue weighted by molar-refractivity contribution is 8.15. The number of rotatable bonds is 6. The average Bonchev–Trinajstić information content (AvgIpc) is 3.34. The molecule has 1 fully saturated rings. The van der Waals surface area contributed by atoms with E-state index >= 15 is 0 Å². The van der Waals surface area contributed by atoms with Crippen LogP contribution >= 0.6 is 11.8 Å². The van der Waals surface area contributed by atoms with Crippen LogP contribution in [0.2, 0.25) is 0 Å². The summed E-state index contributed by atoms with van der Waals surface area (Å²) in [5.41, 5.74) is 3.26. The van der Waals surface area contributed by atoms with Gasteiger partial charge in [-0.15, -0.1) is 0 Å². The van der Waals surface area contributed by atoms with Crippen molar-refractivity contribution in [3.8, 4) is 17.2 Å². The summed E-state index contributed by atoms with van der Waals surface area (Å²) in [4.78, 5) is 32.8. The third-order valence-electron chi connectivity index (χ3n) is 5.79. The minimum absolute atomic E-state index is 0.0640. The largest absolute Gasteiger partial charge is 0.497 e. The second kappa shape index (κ2) is 10.3. The Labute approximate surface area is 213 Å². The lowest BCUT2D eigenvalue weighted by molar-refractivity contribution is -0.129. The third-order valence-corrected chi connectivity index (χ3v) is 6.98. The molecular weight excluding hydrogens is 478 g/mol. The van der Waals surface area contributed by atoms with E-state index in [9.17, 15) is 9.59 Å². The number of carbonyl (C=O) groups excluding carboxylic acids is 2. The summed E-state index contributed by atoms with van der Waals surface area (Å²) in [7, 11) is 1.60. The van der Waals surface area contributed by atoms with E-state index in [1.807, 2.05) is 61.5 Å². The number of amides is 2. The van der Waals surface area contributed by atoms with E-state index in [-0.39, 0.29) is 25.0 Å². The van der Waals surface area contributed by atoms with E-state index in [0.717, 1.165) is 11.1 Å². The lowest BCUT2D eigenvalue weighted by Crippen LogP contribution is -2.44.